The molecule has 0 aliphatic heterocycles. The van der Waals surface area contributed by atoms with Crippen LogP contribution in [0.4, 0.5) is 19.0 Å². The van der Waals surface area contributed by atoms with Crippen LogP contribution in [0.5, 0.6) is 5.75 Å². The van der Waals surface area contributed by atoms with Gasteiger partial charge in [-0.3, -0.25) is 0 Å². The number of nitrogens with zero attached hydrogens (tertiary/aromatic N) is 1. The van der Waals surface area contributed by atoms with Crippen LogP contribution in [-0.2, 0) is 0 Å². The molecule has 1 aliphatic carbocycles. The van der Waals surface area contributed by atoms with E-state index in [0.717, 1.165) is 5.39 Å². The zero-order valence-corrected chi connectivity index (χ0v) is 10.8. The number of hydrogen-bond donors (Lipinski definition) is 1. The number of anilines is 1. The fraction of sp³-hybridized carbons (Fsp3) is 0.357. The maximum absolute atomic E-state index is 13.0. The van der Waals surface area contributed by atoms with Crippen LogP contribution in [0, 0.1) is 0 Å². The quantitative estimate of drug-likeness (QED) is 0.931. The normalized spacial score (nSPS) is 17.0. The molecule has 1 aliphatic rings. The number of hydrogen-bond acceptors (Lipinski definition) is 3. The van der Waals surface area contributed by atoms with Gasteiger partial charge in [0.2, 0.25) is 0 Å². The van der Waals surface area contributed by atoms with E-state index in [9.17, 15) is 13.2 Å². The van der Waals surface area contributed by atoms with Crippen molar-refractivity contribution >= 4 is 16.6 Å². The maximum atomic E-state index is 13.0. The van der Waals surface area contributed by atoms with Crippen LogP contribution in [-0.4, -0.2) is 23.8 Å². The highest BCUT2D eigenvalue weighted by Gasteiger charge is 2.63. The molecule has 3 nitrogen and oxygen atoms in total. The van der Waals surface area contributed by atoms with Crippen LogP contribution in [0.3, 0.4) is 0 Å². The summed E-state index contributed by atoms with van der Waals surface area (Å²) >= 11 is 0. The van der Waals surface area contributed by atoms with Crippen molar-refractivity contribution in [3.8, 4) is 5.75 Å². The second-order valence-electron chi connectivity index (χ2n) is 4.95. The van der Waals surface area contributed by atoms with Crippen LogP contribution in [0.1, 0.15) is 12.8 Å². The number of ether oxygens (including phenoxy) is 1. The fourth-order valence-corrected chi connectivity index (χ4v) is 2.21. The third-order valence-electron chi connectivity index (χ3n) is 3.62. The fourth-order valence-electron chi connectivity index (χ4n) is 2.21. The first-order valence-corrected chi connectivity index (χ1v) is 6.23. The molecule has 2 aromatic rings. The molecule has 106 valence electrons. The zero-order valence-electron chi connectivity index (χ0n) is 10.8. The molecule has 0 atom stereocenters. The van der Waals surface area contributed by atoms with Gasteiger partial charge in [-0.1, -0.05) is 6.07 Å². The Balaban J connectivity index is 2.04. The summed E-state index contributed by atoms with van der Waals surface area (Å²) in [6, 6.07) is 7.02. The molecule has 0 unspecified atom stereocenters. The van der Waals surface area contributed by atoms with Crippen molar-refractivity contribution in [2.75, 3.05) is 12.4 Å². The van der Waals surface area contributed by atoms with Crippen molar-refractivity contribution in [2.24, 2.45) is 0 Å². The van der Waals surface area contributed by atoms with Crippen LogP contribution in [0.15, 0.2) is 30.5 Å². The van der Waals surface area contributed by atoms with Crippen molar-refractivity contribution in [3.63, 3.8) is 0 Å². The van der Waals surface area contributed by atoms with E-state index in [1.807, 2.05) is 0 Å². The number of halogens is 3. The van der Waals surface area contributed by atoms with Gasteiger partial charge >= 0.3 is 6.18 Å². The lowest BCUT2D eigenvalue weighted by molar-refractivity contribution is -0.151. The summed E-state index contributed by atoms with van der Waals surface area (Å²) in [6.07, 6.45) is -2.60. The average Bonchev–Trinajstić information content (AvgIpc) is 3.19. The minimum atomic E-state index is -4.27. The Labute approximate surface area is 113 Å². The van der Waals surface area contributed by atoms with E-state index in [-0.39, 0.29) is 18.7 Å². The van der Waals surface area contributed by atoms with E-state index in [1.54, 1.807) is 24.3 Å². The summed E-state index contributed by atoms with van der Waals surface area (Å²) in [5.74, 6) is 0.835. The largest absolute Gasteiger partial charge is 0.497 e. The van der Waals surface area contributed by atoms with E-state index < -0.39 is 11.7 Å². The van der Waals surface area contributed by atoms with E-state index in [0.29, 0.717) is 11.1 Å². The molecule has 1 N–H and O–H groups in total. The van der Waals surface area contributed by atoms with Crippen molar-refractivity contribution < 1.29 is 17.9 Å². The number of alkyl halides is 3. The molecular formula is C14H13F3N2O. The first kappa shape index (κ1) is 13.0. The van der Waals surface area contributed by atoms with Gasteiger partial charge in [0.1, 0.15) is 17.1 Å². The molecule has 1 saturated carbocycles. The molecule has 1 heterocycles. The van der Waals surface area contributed by atoms with Gasteiger partial charge in [-0.05, 0) is 36.4 Å². The molecule has 0 amide bonds. The standard InChI is InChI=1S/C14H13F3N2O/c1-20-10-3-2-9-4-7-18-12(11(9)8-10)19-13(5-6-13)14(15,16)17/h2-4,7-8H,5-6H2,1H3,(H,18,19). The minimum absolute atomic E-state index is 0.0819. The molecule has 0 saturated heterocycles. The highest BCUT2D eigenvalue weighted by atomic mass is 19.4. The SMILES string of the molecule is COc1ccc2ccnc(NC3(C(F)(F)F)CC3)c2c1. The Morgan fingerprint density at radius 1 is 1.25 bits per heavy atom. The zero-order chi connectivity index (χ0) is 14.4. The van der Waals surface area contributed by atoms with Gasteiger partial charge in [0.05, 0.1) is 7.11 Å². The van der Waals surface area contributed by atoms with Crippen molar-refractivity contribution in [1.29, 1.82) is 0 Å². The summed E-state index contributed by atoms with van der Waals surface area (Å²) in [4.78, 5) is 4.05. The van der Waals surface area contributed by atoms with Crippen LogP contribution < -0.4 is 10.1 Å². The van der Waals surface area contributed by atoms with Crippen LogP contribution in [0.25, 0.3) is 10.8 Å². The van der Waals surface area contributed by atoms with Gasteiger partial charge in [-0.15, -0.1) is 0 Å². The third kappa shape index (κ3) is 2.05. The van der Waals surface area contributed by atoms with E-state index in [2.05, 4.69) is 10.3 Å². The average molecular weight is 282 g/mol. The smallest absolute Gasteiger partial charge is 0.411 e. The van der Waals surface area contributed by atoms with Gasteiger partial charge in [0.25, 0.3) is 0 Å². The molecule has 0 bridgehead atoms. The topological polar surface area (TPSA) is 34.1 Å². The lowest BCUT2D eigenvalue weighted by atomic mass is 10.1. The molecular weight excluding hydrogens is 269 g/mol. The molecule has 0 spiro atoms. The molecule has 1 aromatic heterocycles. The Morgan fingerprint density at radius 3 is 2.60 bits per heavy atom. The van der Waals surface area contributed by atoms with E-state index >= 15 is 0 Å². The Kier molecular flexibility index (Phi) is 2.77. The first-order chi connectivity index (χ1) is 9.45. The number of pyridine rings is 1. The van der Waals surface area contributed by atoms with Gasteiger partial charge in [0, 0.05) is 11.6 Å². The summed E-state index contributed by atoms with van der Waals surface area (Å²) in [7, 11) is 1.52. The predicted octanol–water partition coefficient (Wildman–Crippen LogP) is 3.75. The summed E-state index contributed by atoms with van der Waals surface area (Å²) in [5.41, 5.74) is -1.82. The first-order valence-electron chi connectivity index (χ1n) is 6.23. The summed E-state index contributed by atoms with van der Waals surface area (Å²) in [6.45, 7) is 0. The number of methoxy groups -OCH3 is 1. The number of nitrogens with one attached hydrogen (secondary N) is 1. The third-order valence-corrected chi connectivity index (χ3v) is 3.62. The van der Waals surface area contributed by atoms with Gasteiger partial charge in [-0.25, -0.2) is 4.98 Å². The second kappa shape index (κ2) is 4.26. The molecule has 0 radical (unpaired) electrons. The molecule has 6 heteroatoms. The summed E-state index contributed by atoms with van der Waals surface area (Å²) < 4.78 is 44.1. The molecule has 1 fully saturated rings. The van der Waals surface area contributed by atoms with Crippen LogP contribution >= 0.6 is 0 Å². The van der Waals surface area contributed by atoms with Crippen molar-refractivity contribution in [1.82, 2.24) is 4.98 Å². The lowest BCUT2D eigenvalue weighted by Crippen LogP contribution is -2.38. The molecule has 20 heavy (non-hydrogen) atoms. The number of benzene rings is 1. The van der Waals surface area contributed by atoms with E-state index in [1.165, 1.54) is 13.3 Å². The number of fused-ring (bicyclic) bond motifs is 1. The van der Waals surface area contributed by atoms with Crippen LogP contribution in [0.2, 0.25) is 0 Å². The number of aromatic nitrogens is 1. The van der Waals surface area contributed by atoms with Gasteiger partial charge in [0.15, 0.2) is 0 Å². The van der Waals surface area contributed by atoms with Gasteiger partial charge < -0.3 is 10.1 Å². The maximum Gasteiger partial charge on any atom is 0.411 e. The van der Waals surface area contributed by atoms with Crippen molar-refractivity contribution in [3.05, 3.63) is 30.5 Å². The highest BCUT2D eigenvalue weighted by molar-refractivity contribution is 5.93. The van der Waals surface area contributed by atoms with Crippen molar-refractivity contribution in [2.45, 2.75) is 24.6 Å². The highest BCUT2D eigenvalue weighted by Crippen LogP contribution is 2.51. The second-order valence-corrected chi connectivity index (χ2v) is 4.95. The summed E-state index contributed by atoms with van der Waals surface area (Å²) in [5, 5.41) is 4.02. The monoisotopic (exact) mass is 282 g/mol. The van der Waals surface area contributed by atoms with E-state index in [4.69, 9.17) is 4.74 Å². The molecule has 1 aromatic carbocycles. The Hall–Kier alpha value is -1.98. The Morgan fingerprint density at radius 2 is 2.00 bits per heavy atom. The molecule has 3 rings (SSSR count). The lowest BCUT2D eigenvalue weighted by Gasteiger charge is -2.22. The minimum Gasteiger partial charge on any atom is -0.497 e. The Bertz CT molecular complexity index is 650. The predicted molar refractivity (Wildman–Crippen MR) is 69.9 cm³/mol. The van der Waals surface area contributed by atoms with Gasteiger partial charge in [-0.2, -0.15) is 13.2 Å². The number of rotatable bonds is 3.